The number of piperazine rings is 1. The van der Waals surface area contributed by atoms with Crippen LogP contribution in [0.2, 0.25) is 0 Å². The number of nitrogens with zero attached hydrogens (tertiary/aromatic N) is 4. The number of aldehydes is 3. The van der Waals surface area contributed by atoms with Crippen molar-refractivity contribution in [2.75, 3.05) is 57.2 Å². The number of carbonyl (C=O) groups excluding carboxylic acids is 5. The summed E-state index contributed by atoms with van der Waals surface area (Å²) in [5, 5.41) is 2.25. The number of carbonyl (C=O) groups is 5. The number of hydrogen-bond donors (Lipinski definition) is 1. The first-order valence-corrected chi connectivity index (χ1v) is 13.8. The van der Waals surface area contributed by atoms with Crippen LogP contribution in [0.25, 0.3) is 0 Å². The van der Waals surface area contributed by atoms with Gasteiger partial charge in [0.15, 0.2) is 12.6 Å². The average Bonchev–Trinajstić information content (AvgIpc) is 3.02. The van der Waals surface area contributed by atoms with E-state index < -0.39 is 0 Å². The van der Waals surface area contributed by atoms with E-state index in [0.29, 0.717) is 35.9 Å². The van der Waals surface area contributed by atoms with Crippen LogP contribution in [0.1, 0.15) is 71.6 Å². The molecule has 1 fully saturated rings. The molecule has 0 aliphatic carbocycles. The molecule has 1 unspecified atom stereocenters. The Morgan fingerprint density at radius 2 is 1.64 bits per heavy atom. The SMILES string of the molecule is CC(CCC=O)N(C)C(=O)c1ccc(N2CCN(c3ccc(C=O)cn3)CC2)cc1C=O.CNC=O.COC(C)(C)C. The van der Waals surface area contributed by atoms with Gasteiger partial charge in [-0.3, -0.25) is 19.2 Å². The van der Waals surface area contributed by atoms with Crippen molar-refractivity contribution in [2.45, 2.75) is 52.2 Å². The number of ether oxygens (including phenoxy) is 1. The van der Waals surface area contributed by atoms with Gasteiger partial charge in [-0.2, -0.15) is 0 Å². The van der Waals surface area contributed by atoms with Crippen molar-refractivity contribution in [3.8, 4) is 0 Å². The third-order valence-electron chi connectivity index (χ3n) is 6.68. The fraction of sp³-hybridized carbons (Fsp3) is 0.484. The van der Waals surface area contributed by atoms with Gasteiger partial charge in [0.2, 0.25) is 6.41 Å². The summed E-state index contributed by atoms with van der Waals surface area (Å²) in [5.74, 6) is 0.600. The highest BCUT2D eigenvalue weighted by atomic mass is 16.5. The second kappa shape index (κ2) is 18.3. The summed E-state index contributed by atoms with van der Waals surface area (Å²) in [4.78, 5) is 65.4. The molecule has 0 saturated carbocycles. The molecule has 2 aromatic rings. The Hall–Kier alpha value is -4.12. The molecule has 0 bridgehead atoms. The topological polar surface area (TPSA) is 129 Å². The van der Waals surface area contributed by atoms with Gasteiger partial charge in [0, 0.05) is 82.9 Å². The van der Waals surface area contributed by atoms with Gasteiger partial charge in [0.1, 0.15) is 12.1 Å². The van der Waals surface area contributed by atoms with Gasteiger partial charge < -0.3 is 29.5 Å². The predicted molar refractivity (Wildman–Crippen MR) is 165 cm³/mol. The number of nitrogens with one attached hydrogen (secondary N) is 1. The number of methoxy groups -OCH3 is 1. The van der Waals surface area contributed by atoms with Crippen molar-refractivity contribution in [1.82, 2.24) is 15.2 Å². The monoisotopic (exact) mass is 583 g/mol. The molecule has 11 nitrogen and oxygen atoms in total. The molecule has 0 radical (unpaired) electrons. The highest BCUT2D eigenvalue weighted by Gasteiger charge is 2.23. The van der Waals surface area contributed by atoms with E-state index >= 15 is 0 Å². The Kier molecular flexibility index (Phi) is 15.7. The maximum Gasteiger partial charge on any atom is 0.254 e. The van der Waals surface area contributed by atoms with E-state index in [1.54, 1.807) is 50.5 Å². The Morgan fingerprint density at radius 3 is 2.10 bits per heavy atom. The Bertz CT molecular complexity index is 1140. The maximum absolute atomic E-state index is 12.9. The molecule has 11 heteroatoms. The lowest BCUT2D eigenvalue weighted by Gasteiger charge is -2.37. The molecule has 1 N–H and O–H groups in total. The largest absolute Gasteiger partial charge is 0.379 e. The molecule has 2 amide bonds. The van der Waals surface area contributed by atoms with Crippen molar-refractivity contribution in [1.29, 1.82) is 0 Å². The number of hydrogen-bond acceptors (Lipinski definition) is 9. The Labute approximate surface area is 249 Å². The summed E-state index contributed by atoms with van der Waals surface area (Å²) >= 11 is 0. The third kappa shape index (κ3) is 11.8. The zero-order chi connectivity index (χ0) is 31.7. The quantitative estimate of drug-likeness (QED) is 0.419. The molecule has 3 rings (SSSR count). The van der Waals surface area contributed by atoms with Gasteiger partial charge in [-0.1, -0.05) is 0 Å². The standard InChI is InChI=1S/C24H28N4O4.C5H12O.C2H5NO/c1-18(4-3-13-29)26(2)24(32)22-7-6-21(14-20(22)17-31)27-9-11-28(12-10-27)23-8-5-19(16-30)15-25-23;1-5(2,3)6-4;1-3-2-4/h5-8,13-18H,3-4,9-12H2,1-2H3;1-4H3;2H,1H3,(H,3,4). The fourth-order valence-electron chi connectivity index (χ4n) is 3.78. The molecular weight excluding hydrogens is 538 g/mol. The Balaban J connectivity index is 0.000000760. The van der Waals surface area contributed by atoms with E-state index in [0.717, 1.165) is 56.5 Å². The van der Waals surface area contributed by atoms with Gasteiger partial charge in [0.05, 0.1) is 11.2 Å². The van der Waals surface area contributed by atoms with E-state index in [9.17, 15) is 19.2 Å². The third-order valence-corrected chi connectivity index (χ3v) is 6.68. The normalized spacial score (nSPS) is 13.3. The zero-order valence-corrected chi connectivity index (χ0v) is 25.8. The van der Waals surface area contributed by atoms with Crippen LogP contribution in [-0.4, -0.2) is 100 Å². The van der Waals surface area contributed by atoms with Crippen molar-refractivity contribution in [3.63, 3.8) is 0 Å². The van der Waals surface area contributed by atoms with Crippen molar-refractivity contribution in [3.05, 3.63) is 53.2 Å². The highest BCUT2D eigenvalue weighted by molar-refractivity contribution is 6.02. The molecule has 42 heavy (non-hydrogen) atoms. The second-order valence-corrected chi connectivity index (χ2v) is 10.7. The van der Waals surface area contributed by atoms with Gasteiger partial charge in [-0.25, -0.2) is 4.98 Å². The van der Waals surface area contributed by atoms with Gasteiger partial charge in [-0.05, 0) is 64.4 Å². The van der Waals surface area contributed by atoms with E-state index in [2.05, 4.69) is 20.1 Å². The molecule has 0 spiro atoms. The first kappa shape index (κ1) is 35.9. The van der Waals surface area contributed by atoms with Gasteiger partial charge in [-0.15, -0.1) is 0 Å². The van der Waals surface area contributed by atoms with Gasteiger partial charge in [0.25, 0.3) is 5.91 Å². The minimum Gasteiger partial charge on any atom is -0.379 e. The maximum atomic E-state index is 12.9. The molecule has 2 heterocycles. The van der Waals surface area contributed by atoms with E-state index in [1.807, 2.05) is 39.8 Å². The first-order valence-electron chi connectivity index (χ1n) is 13.8. The minimum absolute atomic E-state index is 0.0417. The summed E-state index contributed by atoms with van der Waals surface area (Å²) in [6.45, 7) is 10.9. The van der Waals surface area contributed by atoms with Crippen LogP contribution < -0.4 is 15.1 Å². The van der Waals surface area contributed by atoms with Crippen molar-refractivity contribution in [2.24, 2.45) is 0 Å². The van der Waals surface area contributed by atoms with E-state index in [1.165, 1.54) is 0 Å². The van der Waals surface area contributed by atoms with Crippen LogP contribution >= 0.6 is 0 Å². The van der Waals surface area contributed by atoms with Crippen molar-refractivity contribution < 1.29 is 28.7 Å². The van der Waals surface area contributed by atoms with Crippen molar-refractivity contribution >= 4 is 42.7 Å². The number of amides is 2. The second-order valence-electron chi connectivity index (χ2n) is 10.7. The molecule has 230 valence electrons. The summed E-state index contributed by atoms with van der Waals surface area (Å²) < 4.78 is 4.94. The van der Waals surface area contributed by atoms with Crippen LogP contribution in [0.3, 0.4) is 0 Å². The van der Waals surface area contributed by atoms with Crippen LogP contribution in [-0.2, 0) is 14.3 Å². The molecule has 1 aromatic heterocycles. The molecule has 1 saturated heterocycles. The number of anilines is 2. The summed E-state index contributed by atoms with van der Waals surface area (Å²) in [6, 6.07) is 8.83. The lowest BCUT2D eigenvalue weighted by atomic mass is 10.0. The lowest BCUT2D eigenvalue weighted by molar-refractivity contribution is -0.109. The number of pyridine rings is 1. The van der Waals surface area contributed by atoms with Crippen LogP contribution in [0.15, 0.2) is 36.5 Å². The number of benzene rings is 1. The molecule has 1 aromatic carbocycles. The first-order chi connectivity index (χ1) is 20.0. The molecular formula is C31H45N5O6. The molecule has 1 atom stereocenters. The van der Waals surface area contributed by atoms with E-state index in [4.69, 9.17) is 9.53 Å². The van der Waals surface area contributed by atoms with Crippen LogP contribution in [0.5, 0.6) is 0 Å². The van der Waals surface area contributed by atoms with Crippen LogP contribution in [0, 0.1) is 0 Å². The summed E-state index contributed by atoms with van der Waals surface area (Å²) in [5.41, 5.74) is 2.20. The Morgan fingerprint density at radius 1 is 1.05 bits per heavy atom. The smallest absolute Gasteiger partial charge is 0.254 e. The summed E-state index contributed by atoms with van der Waals surface area (Å²) in [6.07, 6.45) is 5.50. The highest BCUT2D eigenvalue weighted by Crippen LogP contribution is 2.23. The van der Waals surface area contributed by atoms with E-state index in [-0.39, 0.29) is 17.6 Å². The average molecular weight is 584 g/mol. The fourth-order valence-corrected chi connectivity index (χ4v) is 3.78. The minimum atomic E-state index is -0.230. The summed E-state index contributed by atoms with van der Waals surface area (Å²) in [7, 11) is 4.96. The molecule has 1 aliphatic rings. The van der Waals surface area contributed by atoms with Gasteiger partial charge >= 0.3 is 0 Å². The molecule has 1 aliphatic heterocycles. The zero-order valence-electron chi connectivity index (χ0n) is 25.8. The number of rotatable bonds is 10. The lowest BCUT2D eigenvalue weighted by Crippen LogP contribution is -2.46. The predicted octanol–water partition coefficient (Wildman–Crippen LogP) is 3.27. The van der Waals surface area contributed by atoms with Crippen LogP contribution in [0.4, 0.5) is 11.5 Å². The number of aromatic nitrogens is 1.